The highest BCUT2D eigenvalue weighted by molar-refractivity contribution is 7.89. The van der Waals surface area contributed by atoms with E-state index >= 15 is 0 Å². The molecule has 0 radical (unpaired) electrons. The molecule has 1 N–H and O–H groups in total. The number of esters is 1. The Morgan fingerprint density at radius 2 is 1.61 bits per heavy atom. The van der Waals surface area contributed by atoms with E-state index in [0.717, 1.165) is 19.3 Å². The summed E-state index contributed by atoms with van der Waals surface area (Å²) in [4.78, 5) is 24.4. The Hall–Kier alpha value is -2.91. The molecule has 1 aliphatic rings. The summed E-state index contributed by atoms with van der Waals surface area (Å²) in [6.07, 6.45) is 2.57. The van der Waals surface area contributed by atoms with Crippen LogP contribution in [-0.4, -0.2) is 57.4 Å². The molecule has 1 amide bonds. The van der Waals surface area contributed by atoms with Crippen LogP contribution in [0.25, 0.3) is 0 Å². The van der Waals surface area contributed by atoms with Gasteiger partial charge in [0.25, 0.3) is 5.91 Å². The van der Waals surface area contributed by atoms with Crippen LogP contribution in [0, 0.1) is 0 Å². The molecule has 0 unspecified atom stereocenters. The van der Waals surface area contributed by atoms with E-state index in [0.29, 0.717) is 18.8 Å². The summed E-state index contributed by atoms with van der Waals surface area (Å²) in [5.41, 5.74) is -0.0757. The molecule has 1 saturated heterocycles. The SMILES string of the molecule is O=C(COC(=O)c1ccccc1S(=O)(=O)N1CCCCC1)NCCOc1ccccc1. The van der Waals surface area contributed by atoms with Gasteiger partial charge in [0.2, 0.25) is 10.0 Å². The molecule has 3 rings (SSSR count). The molecule has 1 aliphatic heterocycles. The fourth-order valence-corrected chi connectivity index (χ4v) is 4.94. The Bertz CT molecular complexity index is 988. The zero-order valence-corrected chi connectivity index (χ0v) is 18.0. The number of amides is 1. The van der Waals surface area contributed by atoms with E-state index in [4.69, 9.17) is 9.47 Å². The molecule has 0 bridgehead atoms. The number of nitrogens with one attached hydrogen (secondary N) is 1. The third kappa shape index (κ3) is 6.28. The first kappa shape index (κ1) is 22.8. The molecule has 1 fully saturated rings. The molecule has 31 heavy (non-hydrogen) atoms. The normalized spacial score (nSPS) is 14.6. The van der Waals surface area contributed by atoms with E-state index in [2.05, 4.69) is 5.32 Å². The lowest BCUT2D eigenvalue weighted by Gasteiger charge is -2.26. The van der Waals surface area contributed by atoms with Gasteiger partial charge in [-0.3, -0.25) is 4.79 Å². The standard InChI is InChI=1S/C22H26N2O6S/c25-21(23-13-16-29-18-9-3-1-4-10-18)17-30-22(26)19-11-5-6-12-20(19)31(27,28)24-14-7-2-8-15-24/h1,3-6,9-12H,2,7-8,13-17H2,(H,23,25). The fraction of sp³-hybridized carbons (Fsp3) is 0.364. The van der Waals surface area contributed by atoms with Gasteiger partial charge < -0.3 is 14.8 Å². The first-order valence-corrected chi connectivity index (χ1v) is 11.6. The average Bonchev–Trinajstić information content (AvgIpc) is 2.81. The number of piperidine rings is 1. The average molecular weight is 447 g/mol. The maximum atomic E-state index is 13.0. The maximum Gasteiger partial charge on any atom is 0.340 e. The van der Waals surface area contributed by atoms with Crippen molar-refractivity contribution in [1.82, 2.24) is 9.62 Å². The molecule has 1 heterocycles. The minimum atomic E-state index is -3.80. The van der Waals surface area contributed by atoms with Crippen molar-refractivity contribution in [1.29, 1.82) is 0 Å². The lowest BCUT2D eigenvalue weighted by atomic mass is 10.2. The fourth-order valence-electron chi connectivity index (χ4n) is 3.24. The van der Waals surface area contributed by atoms with E-state index in [1.54, 1.807) is 24.3 Å². The van der Waals surface area contributed by atoms with Gasteiger partial charge in [-0.2, -0.15) is 4.31 Å². The molecular weight excluding hydrogens is 420 g/mol. The van der Waals surface area contributed by atoms with Crippen LogP contribution in [0.1, 0.15) is 29.6 Å². The number of rotatable bonds is 9. The number of carbonyl (C=O) groups is 2. The highest BCUT2D eigenvalue weighted by Crippen LogP contribution is 2.24. The Labute approximate surface area is 182 Å². The minimum absolute atomic E-state index is 0.0757. The smallest absolute Gasteiger partial charge is 0.340 e. The van der Waals surface area contributed by atoms with Gasteiger partial charge in [-0.1, -0.05) is 36.8 Å². The van der Waals surface area contributed by atoms with E-state index in [1.165, 1.54) is 16.4 Å². The zero-order valence-electron chi connectivity index (χ0n) is 17.2. The van der Waals surface area contributed by atoms with Gasteiger partial charge >= 0.3 is 5.97 Å². The topological polar surface area (TPSA) is 102 Å². The molecule has 2 aromatic rings. The molecule has 2 aromatic carbocycles. The van der Waals surface area contributed by atoms with Crippen molar-refractivity contribution in [3.05, 3.63) is 60.2 Å². The van der Waals surface area contributed by atoms with Crippen molar-refractivity contribution in [2.24, 2.45) is 0 Å². The van der Waals surface area contributed by atoms with Crippen LogP contribution in [0.3, 0.4) is 0 Å². The Balaban J connectivity index is 1.52. The number of hydrogen-bond donors (Lipinski definition) is 1. The van der Waals surface area contributed by atoms with Crippen LogP contribution in [0.2, 0.25) is 0 Å². The largest absolute Gasteiger partial charge is 0.492 e. The second kappa shape index (κ2) is 10.9. The van der Waals surface area contributed by atoms with E-state index in [-0.39, 0.29) is 23.6 Å². The number of sulfonamides is 1. The van der Waals surface area contributed by atoms with Gasteiger partial charge in [0.05, 0.1) is 17.0 Å². The second-order valence-corrected chi connectivity index (χ2v) is 8.95. The van der Waals surface area contributed by atoms with E-state index < -0.39 is 28.5 Å². The van der Waals surface area contributed by atoms with Crippen molar-refractivity contribution in [3.63, 3.8) is 0 Å². The third-order valence-electron chi connectivity index (χ3n) is 4.81. The quantitative estimate of drug-likeness (QED) is 0.468. The number of hydrogen-bond acceptors (Lipinski definition) is 6. The van der Waals surface area contributed by atoms with Gasteiger partial charge in [0, 0.05) is 13.1 Å². The zero-order chi connectivity index (χ0) is 22.1. The maximum absolute atomic E-state index is 13.0. The number of carbonyl (C=O) groups excluding carboxylic acids is 2. The summed E-state index contributed by atoms with van der Waals surface area (Å²) in [5, 5.41) is 2.59. The van der Waals surface area contributed by atoms with E-state index in [1.807, 2.05) is 18.2 Å². The molecular formula is C22H26N2O6S. The minimum Gasteiger partial charge on any atom is -0.492 e. The van der Waals surface area contributed by atoms with Crippen molar-refractivity contribution < 1.29 is 27.5 Å². The molecule has 0 saturated carbocycles. The molecule has 8 nitrogen and oxygen atoms in total. The van der Waals surface area contributed by atoms with Crippen LogP contribution < -0.4 is 10.1 Å². The summed E-state index contributed by atoms with van der Waals surface area (Å²) in [5.74, 6) is -0.664. The van der Waals surface area contributed by atoms with Crippen molar-refractivity contribution >= 4 is 21.9 Å². The van der Waals surface area contributed by atoms with Gasteiger partial charge in [-0.05, 0) is 37.1 Å². The number of benzene rings is 2. The monoisotopic (exact) mass is 446 g/mol. The molecule has 0 atom stereocenters. The van der Waals surface area contributed by atoms with Gasteiger partial charge in [0.15, 0.2) is 6.61 Å². The highest BCUT2D eigenvalue weighted by Gasteiger charge is 2.30. The Morgan fingerprint density at radius 3 is 2.35 bits per heavy atom. The van der Waals surface area contributed by atoms with Gasteiger partial charge in [-0.15, -0.1) is 0 Å². The van der Waals surface area contributed by atoms with Gasteiger partial charge in [0.1, 0.15) is 12.4 Å². The summed E-state index contributed by atoms with van der Waals surface area (Å²) in [6, 6.07) is 15.1. The van der Waals surface area contributed by atoms with Crippen LogP contribution >= 0.6 is 0 Å². The van der Waals surface area contributed by atoms with Crippen molar-refractivity contribution in [3.8, 4) is 5.75 Å². The Morgan fingerprint density at radius 1 is 0.935 bits per heavy atom. The molecule has 0 aromatic heterocycles. The van der Waals surface area contributed by atoms with Crippen LogP contribution in [0.15, 0.2) is 59.5 Å². The first-order chi connectivity index (χ1) is 15.0. The lowest BCUT2D eigenvalue weighted by Crippen LogP contribution is -2.36. The summed E-state index contributed by atoms with van der Waals surface area (Å²) >= 11 is 0. The van der Waals surface area contributed by atoms with Crippen LogP contribution in [-0.2, 0) is 19.6 Å². The van der Waals surface area contributed by atoms with Gasteiger partial charge in [-0.25, -0.2) is 13.2 Å². The number of para-hydroxylation sites is 1. The third-order valence-corrected chi connectivity index (χ3v) is 6.77. The highest BCUT2D eigenvalue weighted by atomic mass is 32.2. The summed E-state index contributed by atoms with van der Waals surface area (Å²) in [6.45, 7) is 0.854. The lowest BCUT2D eigenvalue weighted by molar-refractivity contribution is -0.124. The number of ether oxygens (including phenoxy) is 2. The number of nitrogens with zero attached hydrogens (tertiary/aromatic N) is 1. The van der Waals surface area contributed by atoms with E-state index in [9.17, 15) is 18.0 Å². The van der Waals surface area contributed by atoms with Crippen molar-refractivity contribution in [2.75, 3.05) is 32.8 Å². The predicted octanol–water partition coefficient (Wildman–Crippen LogP) is 2.21. The Kier molecular flexibility index (Phi) is 8.02. The predicted molar refractivity (Wildman–Crippen MR) is 114 cm³/mol. The summed E-state index contributed by atoms with van der Waals surface area (Å²) < 4.78 is 37.8. The molecule has 0 spiro atoms. The molecule has 0 aliphatic carbocycles. The van der Waals surface area contributed by atoms with Crippen molar-refractivity contribution in [2.45, 2.75) is 24.2 Å². The van der Waals surface area contributed by atoms with Crippen LogP contribution in [0.5, 0.6) is 5.75 Å². The molecule has 166 valence electrons. The summed E-state index contributed by atoms with van der Waals surface area (Å²) in [7, 11) is -3.80. The van der Waals surface area contributed by atoms with Crippen LogP contribution in [0.4, 0.5) is 0 Å². The second-order valence-electron chi connectivity index (χ2n) is 7.05. The molecule has 9 heteroatoms. The first-order valence-electron chi connectivity index (χ1n) is 10.2.